The van der Waals surface area contributed by atoms with Crippen molar-refractivity contribution < 1.29 is 23.9 Å². The predicted octanol–water partition coefficient (Wildman–Crippen LogP) is 2.25. The summed E-state index contributed by atoms with van der Waals surface area (Å²) in [7, 11) is 1.58. The summed E-state index contributed by atoms with van der Waals surface area (Å²) < 4.78 is 11.1. The molecule has 0 saturated carbocycles. The lowest BCUT2D eigenvalue weighted by atomic mass is 9.93. The van der Waals surface area contributed by atoms with Crippen LogP contribution in [0.5, 0.6) is 11.5 Å². The third kappa shape index (κ3) is 2.95. The Kier molecular flexibility index (Phi) is 3.97. The van der Waals surface area contributed by atoms with Crippen molar-refractivity contribution in [1.29, 1.82) is 0 Å². The fraction of sp³-hybridized carbons (Fsp3) is 0.0500. The molecule has 0 spiro atoms. The molecule has 1 saturated heterocycles. The van der Waals surface area contributed by atoms with E-state index in [2.05, 4.69) is 10.6 Å². The molecule has 2 aromatic carbocycles. The number of rotatable bonds is 2. The molecule has 2 aliphatic heterocycles. The maximum absolute atomic E-state index is 12.3. The zero-order valence-corrected chi connectivity index (χ0v) is 14.2. The van der Waals surface area contributed by atoms with Gasteiger partial charge >= 0.3 is 6.03 Å². The number of urea groups is 1. The van der Waals surface area contributed by atoms with Crippen molar-refractivity contribution in [3.8, 4) is 11.5 Å². The lowest BCUT2D eigenvalue weighted by molar-refractivity contribution is -0.123. The highest BCUT2D eigenvalue weighted by Crippen LogP contribution is 2.38. The molecule has 4 rings (SSSR count). The molecule has 0 aromatic heterocycles. The van der Waals surface area contributed by atoms with Gasteiger partial charge in [-0.2, -0.15) is 0 Å². The first-order chi connectivity index (χ1) is 13.1. The smallest absolute Gasteiger partial charge is 0.328 e. The van der Waals surface area contributed by atoms with Gasteiger partial charge in [0.15, 0.2) is 0 Å². The first kappa shape index (κ1) is 16.6. The zero-order chi connectivity index (χ0) is 19.0. The largest absolute Gasteiger partial charge is 0.497 e. The van der Waals surface area contributed by atoms with Gasteiger partial charge in [-0.05, 0) is 36.4 Å². The van der Waals surface area contributed by atoms with Crippen LogP contribution in [0.4, 0.5) is 4.79 Å². The van der Waals surface area contributed by atoms with E-state index in [1.54, 1.807) is 49.6 Å². The summed E-state index contributed by atoms with van der Waals surface area (Å²) in [4.78, 5) is 36.0. The number of methoxy groups -OCH3 is 1. The molecule has 0 atom stereocenters. The number of hydrogen-bond donors (Lipinski definition) is 2. The Hall–Kier alpha value is -3.87. The number of fused-ring (bicyclic) bond motifs is 1. The van der Waals surface area contributed by atoms with Crippen LogP contribution in [-0.4, -0.2) is 25.0 Å². The van der Waals surface area contributed by atoms with Crippen LogP contribution in [0.1, 0.15) is 11.1 Å². The molecule has 2 N–H and O–H groups in total. The fourth-order valence-electron chi connectivity index (χ4n) is 2.95. The Morgan fingerprint density at radius 2 is 1.56 bits per heavy atom. The first-order valence-electron chi connectivity index (χ1n) is 8.11. The van der Waals surface area contributed by atoms with E-state index in [9.17, 15) is 14.4 Å². The molecule has 2 heterocycles. The van der Waals surface area contributed by atoms with E-state index in [1.807, 2.05) is 12.1 Å². The van der Waals surface area contributed by atoms with Crippen LogP contribution >= 0.6 is 0 Å². The number of nitrogens with one attached hydrogen (secondary N) is 2. The molecule has 0 unspecified atom stereocenters. The summed E-state index contributed by atoms with van der Waals surface area (Å²) in [5.41, 5.74) is 1.57. The van der Waals surface area contributed by atoms with Gasteiger partial charge in [-0.3, -0.25) is 20.2 Å². The Bertz CT molecular complexity index is 1010. The number of para-hydroxylation sites is 1. The molecule has 2 aliphatic rings. The van der Waals surface area contributed by atoms with Crippen molar-refractivity contribution >= 4 is 29.2 Å². The standard InChI is InChI=1S/C20H14N2O5/c1-26-12-8-6-11(7-9-12)16-10-14(13-4-2-3-5-15(13)27-16)17-18(23)21-20(25)22-19(17)24/h2-10H,1H3,(H2,21,22,23,24,25). The van der Waals surface area contributed by atoms with Gasteiger partial charge in [0.2, 0.25) is 0 Å². The SMILES string of the molecule is COc1ccc(C2=CC(=C3C(=O)NC(=O)NC3=O)c3ccccc3O2)cc1. The quantitative estimate of drug-likeness (QED) is 0.631. The van der Waals surface area contributed by atoms with Gasteiger partial charge in [0.1, 0.15) is 22.8 Å². The minimum absolute atomic E-state index is 0.142. The van der Waals surface area contributed by atoms with E-state index < -0.39 is 17.8 Å². The maximum Gasteiger partial charge on any atom is 0.328 e. The van der Waals surface area contributed by atoms with Crippen LogP contribution in [0.25, 0.3) is 11.3 Å². The van der Waals surface area contributed by atoms with Gasteiger partial charge < -0.3 is 9.47 Å². The van der Waals surface area contributed by atoms with Gasteiger partial charge in [-0.25, -0.2) is 4.79 Å². The van der Waals surface area contributed by atoms with Gasteiger partial charge in [0.25, 0.3) is 11.8 Å². The number of imide groups is 2. The molecule has 0 bridgehead atoms. The third-order valence-corrected chi connectivity index (χ3v) is 4.22. The maximum atomic E-state index is 12.3. The van der Waals surface area contributed by atoms with Crippen LogP contribution in [0.3, 0.4) is 0 Å². The molecule has 0 aliphatic carbocycles. The predicted molar refractivity (Wildman–Crippen MR) is 96.6 cm³/mol. The van der Waals surface area contributed by atoms with E-state index in [0.717, 1.165) is 5.56 Å². The summed E-state index contributed by atoms with van der Waals surface area (Å²) in [5.74, 6) is 0.169. The monoisotopic (exact) mass is 362 g/mol. The van der Waals surface area contributed by atoms with Crippen molar-refractivity contribution in [3.05, 3.63) is 71.3 Å². The highest BCUT2D eigenvalue weighted by atomic mass is 16.5. The average Bonchev–Trinajstić information content (AvgIpc) is 2.67. The molecular formula is C20H14N2O5. The average molecular weight is 362 g/mol. The summed E-state index contributed by atoms with van der Waals surface area (Å²) in [5, 5.41) is 4.21. The number of benzene rings is 2. The van der Waals surface area contributed by atoms with Crippen LogP contribution in [0.15, 0.2) is 60.2 Å². The van der Waals surface area contributed by atoms with Gasteiger partial charge in [0.05, 0.1) is 7.11 Å². The molecule has 1 fully saturated rings. The molecule has 7 heteroatoms. The number of hydrogen-bond acceptors (Lipinski definition) is 5. The lowest BCUT2D eigenvalue weighted by Gasteiger charge is -2.23. The zero-order valence-electron chi connectivity index (χ0n) is 14.2. The highest BCUT2D eigenvalue weighted by Gasteiger charge is 2.33. The fourth-order valence-corrected chi connectivity index (χ4v) is 2.95. The number of barbiturate groups is 1. The normalized spacial score (nSPS) is 16.0. The number of ether oxygens (including phenoxy) is 2. The molecule has 2 aromatic rings. The minimum atomic E-state index is -0.839. The van der Waals surface area contributed by atoms with E-state index in [-0.39, 0.29) is 5.57 Å². The number of carbonyl (C=O) groups excluding carboxylic acids is 3. The van der Waals surface area contributed by atoms with Gasteiger partial charge in [-0.15, -0.1) is 0 Å². The minimum Gasteiger partial charge on any atom is -0.497 e. The Morgan fingerprint density at radius 3 is 2.22 bits per heavy atom. The molecular weight excluding hydrogens is 348 g/mol. The van der Waals surface area contributed by atoms with Crippen molar-refractivity contribution in [2.45, 2.75) is 0 Å². The van der Waals surface area contributed by atoms with Crippen molar-refractivity contribution in [2.75, 3.05) is 7.11 Å². The second kappa shape index (κ2) is 6.45. The number of amides is 4. The number of carbonyl (C=O) groups is 3. The highest BCUT2D eigenvalue weighted by molar-refractivity contribution is 6.33. The van der Waals surface area contributed by atoms with E-state index in [1.165, 1.54) is 0 Å². The summed E-state index contributed by atoms with van der Waals surface area (Å²) >= 11 is 0. The summed E-state index contributed by atoms with van der Waals surface area (Å²) in [6.07, 6.45) is 1.62. The van der Waals surface area contributed by atoms with Crippen molar-refractivity contribution in [2.24, 2.45) is 0 Å². The Labute approximate surface area is 154 Å². The molecule has 0 radical (unpaired) electrons. The summed E-state index contributed by atoms with van der Waals surface area (Å²) in [6.45, 7) is 0. The van der Waals surface area contributed by atoms with Crippen LogP contribution < -0.4 is 20.1 Å². The van der Waals surface area contributed by atoms with Crippen LogP contribution in [-0.2, 0) is 9.59 Å². The third-order valence-electron chi connectivity index (χ3n) is 4.22. The molecule has 4 amide bonds. The first-order valence-corrected chi connectivity index (χ1v) is 8.11. The second-order valence-electron chi connectivity index (χ2n) is 5.86. The number of allylic oxidation sites excluding steroid dienone is 2. The lowest BCUT2D eigenvalue weighted by Crippen LogP contribution is -2.51. The van der Waals surface area contributed by atoms with E-state index in [0.29, 0.717) is 28.4 Å². The molecule has 27 heavy (non-hydrogen) atoms. The van der Waals surface area contributed by atoms with Crippen molar-refractivity contribution in [3.63, 3.8) is 0 Å². The topological polar surface area (TPSA) is 93.7 Å². The van der Waals surface area contributed by atoms with Crippen molar-refractivity contribution in [1.82, 2.24) is 10.6 Å². The Morgan fingerprint density at radius 1 is 0.889 bits per heavy atom. The van der Waals surface area contributed by atoms with Crippen LogP contribution in [0, 0.1) is 0 Å². The van der Waals surface area contributed by atoms with E-state index in [4.69, 9.17) is 9.47 Å². The van der Waals surface area contributed by atoms with Gasteiger partial charge in [-0.1, -0.05) is 18.2 Å². The molecule has 7 nitrogen and oxygen atoms in total. The summed E-state index contributed by atoms with van der Waals surface area (Å²) in [6, 6.07) is 13.4. The van der Waals surface area contributed by atoms with Gasteiger partial charge in [0, 0.05) is 16.7 Å². The van der Waals surface area contributed by atoms with E-state index >= 15 is 0 Å². The Balaban J connectivity index is 1.88. The second-order valence-corrected chi connectivity index (χ2v) is 5.86. The van der Waals surface area contributed by atoms with Crippen LogP contribution in [0.2, 0.25) is 0 Å². The molecule has 134 valence electrons.